The van der Waals surface area contributed by atoms with Gasteiger partial charge in [-0.2, -0.15) is 0 Å². The van der Waals surface area contributed by atoms with E-state index in [0.717, 1.165) is 24.6 Å². The maximum absolute atomic E-state index is 5.32. The SMILES string of the molecule is CN=C(NCc1cccnc1OC)N1CCC2(CCCCC2)C1. The van der Waals surface area contributed by atoms with Gasteiger partial charge in [0.2, 0.25) is 5.88 Å². The van der Waals surface area contributed by atoms with Crippen molar-refractivity contribution in [3.05, 3.63) is 23.9 Å². The van der Waals surface area contributed by atoms with Gasteiger partial charge in [-0.3, -0.25) is 4.99 Å². The van der Waals surface area contributed by atoms with Crippen molar-refractivity contribution in [2.75, 3.05) is 27.2 Å². The van der Waals surface area contributed by atoms with Crippen molar-refractivity contribution in [1.82, 2.24) is 15.2 Å². The van der Waals surface area contributed by atoms with Crippen LogP contribution in [0.25, 0.3) is 0 Å². The molecule has 1 N–H and O–H groups in total. The molecule has 1 aromatic heterocycles. The zero-order chi connectivity index (χ0) is 16.1. The number of aliphatic imine (C=N–C) groups is 1. The second-order valence-corrected chi connectivity index (χ2v) is 6.80. The van der Waals surface area contributed by atoms with Gasteiger partial charge in [0, 0.05) is 38.4 Å². The van der Waals surface area contributed by atoms with E-state index in [1.807, 2.05) is 19.2 Å². The fourth-order valence-electron chi connectivity index (χ4n) is 4.07. The van der Waals surface area contributed by atoms with Gasteiger partial charge in [0.25, 0.3) is 0 Å². The lowest BCUT2D eigenvalue weighted by atomic mass is 9.73. The van der Waals surface area contributed by atoms with Gasteiger partial charge in [-0.1, -0.05) is 25.3 Å². The number of rotatable bonds is 3. The molecule has 5 nitrogen and oxygen atoms in total. The molecule has 0 amide bonds. The Morgan fingerprint density at radius 3 is 2.91 bits per heavy atom. The van der Waals surface area contributed by atoms with Crippen molar-refractivity contribution in [1.29, 1.82) is 0 Å². The number of pyridine rings is 1. The number of aromatic nitrogens is 1. The van der Waals surface area contributed by atoms with Crippen molar-refractivity contribution in [3.8, 4) is 5.88 Å². The Kier molecular flexibility index (Phi) is 5.03. The third-order valence-electron chi connectivity index (χ3n) is 5.34. The second-order valence-electron chi connectivity index (χ2n) is 6.80. The Balaban J connectivity index is 1.60. The Labute approximate surface area is 139 Å². The fraction of sp³-hybridized carbons (Fsp3) is 0.667. The molecule has 1 saturated carbocycles. The predicted molar refractivity (Wildman–Crippen MR) is 92.7 cm³/mol. The molecule has 0 aromatic carbocycles. The van der Waals surface area contributed by atoms with Gasteiger partial charge in [0.1, 0.15) is 0 Å². The molecule has 126 valence electrons. The molecule has 1 saturated heterocycles. The molecular weight excluding hydrogens is 288 g/mol. The minimum atomic E-state index is 0.544. The highest BCUT2D eigenvalue weighted by atomic mass is 16.5. The molecule has 1 aromatic rings. The van der Waals surface area contributed by atoms with E-state index in [1.165, 1.54) is 38.5 Å². The molecule has 2 heterocycles. The van der Waals surface area contributed by atoms with Crippen molar-refractivity contribution in [2.24, 2.45) is 10.4 Å². The maximum atomic E-state index is 5.32. The molecule has 2 aliphatic rings. The highest BCUT2D eigenvalue weighted by Crippen LogP contribution is 2.43. The molecule has 0 unspecified atom stereocenters. The summed E-state index contributed by atoms with van der Waals surface area (Å²) >= 11 is 0. The van der Waals surface area contributed by atoms with Crippen LogP contribution in [0.4, 0.5) is 0 Å². The van der Waals surface area contributed by atoms with Crippen LogP contribution in [0.5, 0.6) is 5.88 Å². The normalized spacial score (nSPS) is 20.8. The van der Waals surface area contributed by atoms with Gasteiger partial charge in [-0.25, -0.2) is 4.98 Å². The lowest BCUT2D eigenvalue weighted by molar-refractivity contribution is 0.203. The predicted octanol–water partition coefficient (Wildman–Crippen LogP) is 2.82. The van der Waals surface area contributed by atoms with Crippen LogP contribution in [0.3, 0.4) is 0 Å². The molecule has 2 fully saturated rings. The van der Waals surface area contributed by atoms with Crippen LogP contribution in [-0.2, 0) is 6.54 Å². The first kappa shape index (κ1) is 16.1. The van der Waals surface area contributed by atoms with Gasteiger partial charge >= 0.3 is 0 Å². The average Bonchev–Trinajstić information content (AvgIpc) is 2.99. The first-order valence-corrected chi connectivity index (χ1v) is 8.70. The van der Waals surface area contributed by atoms with Gasteiger partial charge in [-0.05, 0) is 30.7 Å². The topological polar surface area (TPSA) is 49.8 Å². The first-order chi connectivity index (χ1) is 11.3. The summed E-state index contributed by atoms with van der Waals surface area (Å²) < 4.78 is 5.32. The summed E-state index contributed by atoms with van der Waals surface area (Å²) in [5, 5.41) is 3.48. The van der Waals surface area contributed by atoms with Crippen molar-refractivity contribution in [3.63, 3.8) is 0 Å². The highest BCUT2D eigenvalue weighted by Gasteiger charge is 2.39. The first-order valence-electron chi connectivity index (χ1n) is 8.70. The van der Waals surface area contributed by atoms with E-state index < -0.39 is 0 Å². The lowest BCUT2D eigenvalue weighted by Crippen LogP contribution is -2.41. The maximum Gasteiger partial charge on any atom is 0.218 e. The van der Waals surface area contributed by atoms with Crippen molar-refractivity contribution < 1.29 is 4.74 Å². The molecule has 1 aliphatic heterocycles. The quantitative estimate of drug-likeness (QED) is 0.688. The number of methoxy groups -OCH3 is 1. The number of nitrogens with zero attached hydrogens (tertiary/aromatic N) is 3. The molecule has 3 rings (SSSR count). The molecule has 0 atom stereocenters. The monoisotopic (exact) mass is 316 g/mol. The van der Waals surface area contributed by atoms with Gasteiger partial charge in [-0.15, -0.1) is 0 Å². The molecule has 1 spiro atoms. The van der Waals surface area contributed by atoms with Crippen LogP contribution in [0.2, 0.25) is 0 Å². The average molecular weight is 316 g/mol. The molecule has 1 aliphatic carbocycles. The summed E-state index contributed by atoms with van der Waals surface area (Å²) in [6.45, 7) is 2.95. The highest BCUT2D eigenvalue weighted by molar-refractivity contribution is 5.80. The van der Waals surface area contributed by atoms with E-state index >= 15 is 0 Å². The third-order valence-corrected chi connectivity index (χ3v) is 5.34. The molecule has 23 heavy (non-hydrogen) atoms. The summed E-state index contributed by atoms with van der Waals surface area (Å²) in [4.78, 5) is 11.2. The Morgan fingerprint density at radius 1 is 1.35 bits per heavy atom. The van der Waals surface area contributed by atoms with E-state index in [4.69, 9.17) is 4.74 Å². The Morgan fingerprint density at radius 2 is 2.17 bits per heavy atom. The zero-order valence-corrected chi connectivity index (χ0v) is 14.3. The number of guanidine groups is 1. The van der Waals surface area contributed by atoms with E-state index in [9.17, 15) is 0 Å². The van der Waals surface area contributed by atoms with E-state index in [0.29, 0.717) is 17.8 Å². The van der Waals surface area contributed by atoms with Gasteiger partial charge in [0.15, 0.2) is 5.96 Å². The molecule has 0 radical (unpaired) electrons. The summed E-state index contributed by atoms with van der Waals surface area (Å²) in [6.07, 6.45) is 10.0. The number of likely N-dealkylation sites (tertiary alicyclic amines) is 1. The van der Waals surface area contributed by atoms with Crippen LogP contribution >= 0.6 is 0 Å². The van der Waals surface area contributed by atoms with E-state index in [1.54, 1.807) is 13.3 Å². The number of ether oxygens (including phenoxy) is 1. The molecular formula is C18H28N4O. The lowest BCUT2D eigenvalue weighted by Gasteiger charge is -2.33. The molecule has 5 heteroatoms. The largest absolute Gasteiger partial charge is 0.481 e. The summed E-state index contributed by atoms with van der Waals surface area (Å²) in [6, 6.07) is 3.98. The third kappa shape index (κ3) is 3.59. The van der Waals surface area contributed by atoms with E-state index in [-0.39, 0.29) is 0 Å². The standard InChI is InChI=1S/C18H28N4O/c1-19-17(21-13-15-7-6-11-20-16(15)23-2)22-12-10-18(14-22)8-4-3-5-9-18/h6-7,11H,3-5,8-10,12-14H2,1-2H3,(H,19,21). The van der Waals surface area contributed by atoms with Gasteiger partial charge in [0.05, 0.1) is 7.11 Å². The number of hydrogen-bond acceptors (Lipinski definition) is 3. The summed E-state index contributed by atoms with van der Waals surface area (Å²) in [5.41, 5.74) is 1.60. The van der Waals surface area contributed by atoms with Crippen molar-refractivity contribution in [2.45, 2.75) is 45.1 Å². The van der Waals surface area contributed by atoms with Gasteiger partial charge < -0.3 is 15.0 Å². The van der Waals surface area contributed by atoms with Crippen LogP contribution in [0, 0.1) is 5.41 Å². The summed E-state index contributed by atoms with van der Waals surface area (Å²) in [5.74, 6) is 1.68. The second kappa shape index (κ2) is 7.20. The Hall–Kier alpha value is -1.78. The smallest absolute Gasteiger partial charge is 0.218 e. The zero-order valence-electron chi connectivity index (χ0n) is 14.3. The fourth-order valence-corrected chi connectivity index (χ4v) is 4.07. The van der Waals surface area contributed by atoms with E-state index in [2.05, 4.69) is 20.2 Å². The molecule has 0 bridgehead atoms. The number of hydrogen-bond donors (Lipinski definition) is 1. The number of nitrogens with one attached hydrogen (secondary N) is 1. The van der Waals surface area contributed by atoms with Crippen LogP contribution in [-0.4, -0.2) is 43.1 Å². The minimum absolute atomic E-state index is 0.544. The minimum Gasteiger partial charge on any atom is -0.481 e. The van der Waals surface area contributed by atoms with Crippen LogP contribution in [0.15, 0.2) is 23.3 Å². The van der Waals surface area contributed by atoms with Crippen molar-refractivity contribution >= 4 is 5.96 Å². The Bertz CT molecular complexity index is 552. The summed E-state index contributed by atoms with van der Waals surface area (Å²) in [7, 11) is 3.53. The van der Waals surface area contributed by atoms with Crippen LogP contribution in [0.1, 0.15) is 44.1 Å². The van der Waals surface area contributed by atoms with Crippen LogP contribution < -0.4 is 10.1 Å².